The molecule has 1 atom stereocenters. The largest absolute Gasteiger partial charge is 0.481 e. The van der Waals surface area contributed by atoms with Gasteiger partial charge < -0.3 is 15.2 Å². The van der Waals surface area contributed by atoms with Crippen molar-refractivity contribution in [2.45, 2.75) is 19.4 Å². The molecule has 0 spiro atoms. The zero-order chi connectivity index (χ0) is 13.2. The second-order valence-electron chi connectivity index (χ2n) is 4.86. The van der Waals surface area contributed by atoms with Gasteiger partial charge in [0.15, 0.2) is 5.65 Å². The van der Waals surface area contributed by atoms with E-state index in [9.17, 15) is 0 Å². The van der Waals surface area contributed by atoms with E-state index in [1.54, 1.807) is 13.2 Å². The number of pyridine rings is 1. The molecular formula is C13H18N4O2. The lowest BCUT2D eigenvalue weighted by Crippen LogP contribution is -2.22. The SMILES string of the molecule is COc1ccc2nc(N)n(CC3CCCOC3)c2n1. The summed E-state index contributed by atoms with van der Waals surface area (Å²) in [5, 5.41) is 0. The minimum atomic E-state index is 0.474. The van der Waals surface area contributed by atoms with Crippen LogP contribution < -0.4 is 10.5 Å². The van der Waals surface area contributed by atoms with Crippen LogP contribution in [0.1, 0.15) is 12.8 Å². The Morgan fingerprint density at radius 3 is 3.11 bits per heavy atom. The van der Waals surface area contributed by atoms with Crippen molar-refractivity contribution in [3.8, 4) is 5.88 Å². The predicted molar refractivity (Wildman–Crippen MR) is 72.0 cm³/mol. The third kappa shape index (κ3) is 2.35. The topological polar surface area (TPSA) is 75.2 Å². The first-order valence-corrected chi connectivity index (χ1v) is 6.52. The summed E-state index contributed by atoms with van der Waals surface area (Å²) in [6.45, 7) is 2.44. The molecule has 0 amide bonds. The number of methoxy groups -OCH3 is 1. The quantitative estimate of drug-likeness (QED) is 0.906. The number of hydrogen-bond donors (Lipinski definition) is 1. The van der Waals surface area contributed by atoms with Crippen LogP contribution in [0, 0.1) is 5.92 Å². The third-order valence-electron chi connectivity index (χ3n) is 3.50. The van der Waals surface area contributed by atoms with Crippen LogP contribution in [0.2, 0.25) is 0 Å². The fourth-order valence-corrected chi connectivity index (χ4v) is 2.51. The number of hydrogen-bond acceptors (Lipinski definition) is 5. The zero-order valence-electron chi connectivity index (χ0n) is 11.0. The van der Waals surface area contributed by atoms with Crippen molar-refractivity contribution in [1.82, 2.24) is 14.5 Å². The van der Waals surface area contributed by atoms with Crippen molar-refractivity contribution in [1.29, 1.82) is 0 Å². The van der Waals surface area contributed by atoms with E-state index in [0.29, 0.717) is 17.7 Å². The molecule has 2 aromatic heterocycles. The lowest BCUT2D eigenvalue weighted by Gasteiger charge is -2.22. The lowest BCUT2D eigenvalue weighted by molar-refractivity contribution is 0.0489. The van der Waals surface area contributed by atoms with Crippen LogP contribution in [-0.2, 0) is 11.3 Å². The van der Waals surface area contributed by atoms with Crippen molar-refractivity contribution in [2.75, 3.05) is 26.1 Å². The van der Waals surface area contributed by atoms with Crippen LogP contribution >= 0.6 is 0 Å². The molecule has 1 aliphatic heterocycles. The summed E-state index contributed by atoms with van der Waals surface area (Å²) in [4.78, 5) is 8.77. The smallest absolute Gasteiger partial charge is 0.215 e. The summed E-state index contributed by atoms with van der Waals surface area (Å²) in [5.41, 5.74) is 7.57. The second kappa shape index (κ2) is 5.05. The molecule has 6 heteroatoms. The van der Waals surface area contributed by atoms with Crippen LogP contribution in [-0.4, -0.2) is 34.9 Å². The van der Waals surface area contributed by atoms with E-state index in [-0.39, 0.29) is 0 Å². The van der Waals surface area contributed by atoms with Gasteiger partial charge in [-0.25, -0.2) is 4.98 Å². The molecule has 1 fully saturated rings. The Kier molecular flexibility index (Phi) is 3.25. The van der Waals surface area contributed by atoms with Gasteiger partial charge in [-0.2, -0.15) is 4.98 Å². The van der Waals surface area contributed by atoms with Gasteiger partial charge in [-0.3, -0.25) is 4.57 Å². The van der Waals surface area contributed by atoms with Crippen molar-refractivity contribution in [2.24, 2.45) is 5.92 Å². The van der Waals surface area contributed by atoms with Gasteiger partial charge >= 0.3 is 0 Å². The zero-order valence-corrected chi connectivity index (χ0v) is 11.0. The summed E-state index contributed by atoms with van der Waals surface area (Å²) in [6.07, 6.45) is 2.26. The summed E-state index contributed by atoms with van der Waals surface area (Å²) < 4.78 is 12.6. The molecule has 102 valence electrons. The van der Waals surface area contributed by atoms with Gasteiger partial charge in [0.1, 0.15) is 5.52 Å². The maximum Gasteiger partial charge on any atom is 0.215 e. The second-order valence-corrected chi connectivity index (χ2v) is 4.86. The highest BCUT2D eigenvalue weighted by atomic mass is 16.5. The highest BCUT2D eigenvalue weighted by Gasteiger charge is 2.18. The fraction of sp³-hybridized carbons (Fsp3) is 0.538. The minimum absolute atomic E-state index is 0.474. The number of aromatic nitrogens is 3. The summed E-state index contributed by atoms with van der Waals surface area (Å²) in [5.74, 6) is 1.55. The minimum Gasteiger partial charge on any atom is -0.481 e. The Labute approximate surface area is 111 Å². The molecular weight excluding hydrogens is 244 g/mol. The molecule has 3 rings (SSSR count). The first kappa shape index (κ1) is 12.2. The van der Waals surface area contributed by atoms with E-state index >= 15 is 0 Å². The molecule has 6 nitrogen and oxygen atoms in total. The molecule has 1 unspecified atom stereocenters. The number of nitrogens with two attached hydrogens (primary N) is 1. The van der Waals surface area contributed by atoms with E-state index in [1.807, 2.05) is 10.6 Å². The van der Waals surface area contributed by atoms with E-state index in [4.69, 9.17) is 15.2 Å². The normalized spacial score (nSPS) is 19.7. The van der Waals surface area contributed by atoms with E-state index < -0.39 is 0 Å². The van der Waals surface area contributed by atoms with Crippen LogP contribution in [0.25, 0.3) is 11.2 Å². The Morgan fingerprint density at radius 2 is 2.37 bits per heavy atom. The highest BCUT2D eigenvalue weighted by Crippen LogP contribution is 2.23. The van der Waals surface area contributed by atoms with Gasteiger partial charge in [0, 0.05) is 25.1 Å². The molecule has 2 N–H and O–H groups in total. The van der Waals surface area contributed by atoms with E-state index in [1.165, 1.54) is 0 Å². The molecule has 19 heavy (non-hydrogen) atoms. The molecule has 0 bridgehead atoms. The molecule has 1 aliphatic rings. The Balaban J connectivity index is 1.94. The van der Waals surface area contributed by atoms with Crippen LogP contribution in [0.4, 0.5) is 5.95 Å². The summed E-state index contributed by atoms with van der Waals surface area (Å²) in [7, 11) is 1.60. The van der Waals surface area contributed by atoms with Gasteiger partial charge in [0.05, 0.1) is 13.7 Å². The first-order valence-electron chi connectivity index (χ1n) is 6.52. The molecule has 1 saturated heterocycles. The molecule has 0 aliphatic carbocycles. The summed E-state index contributed by atoms with van der Waals surface area (Å²) >= 11 is 0. The number of ether oxygens (including phenoxy) is 2. The molecule has 0 radical (unpaired) electrons. The monoisotopic (exact) mass is 262 g/mol. The number of nitrogen functional groups attached to an aromatic ring is 1. The maximum atomic E-state index is 5.99. The van der Waals surface area contributed by atoms with Gasteiger partial charge in [-0.05, 0) is 18.9 Å². The Hall–Kier alpha value is -1.82. The van der Waals surface area contributed by atoms with Gasteiger partial charge in [0.25, 0.3) is 0 Å². The fourth-order valence-electron chi connectivity index (χ4n) is 2.51. The van der Waals surface area contributed by atoms with Crippen molar-refractivity contribution >= 4 is 17.1 Å². The summed E-state index contributed by atoms with van der Waals surface area (Å²) in [6, 6.07) is 3.67. The average molecular weight is 262 g/mol. The van der Waals surface area contributed by atoms with E-state index in [0.717, 1.165) is 43.8 Å². The van der Waals surface area contributed by atoms with Crippen molar-refractivity contribution in [3.63, 3.8) is 0 Å². The van der Waals surface area contributed by atoms with Gasteiger partial charge in [-0.15, -0.1) is 0 Å². The number of rotatable bonds is 3. The average Bonchev–Trinajstić information content (AvgIpc) is 2.76. The number of nitrogens with zero attached hydrogens (tertiary/aromatic N) is 3. The Bertz CT molecular complexity index is 575. The van der Waals surface area contributed by atoms with Crippen molar-refractivity contribution < 1.29 is 9.47 Å². The van der Waals surface area contributed by atoms with Gasteiger partial charge in [0.2, 0.25) is 11.8 Å². The number of anilines is 1. The van der Waals surface area contributed by atoms with Crippen LogP contribution in [0.15, 0.2) is 12.1 Å². The maximum absolute atomic E-state index is 5.99. The number of fused-ring (bicyclic) bond motifs is 1. The molecule has 0 aromatic carbocycles. The Morgan fingerprint density at radius 1 is 1.47 bits per heavy atom. The number of imidazole rings is 1. The molecule has 2 aromatic rings. The van der Waals surface area contributed by atoms with Crippen LogP contribution in [0.5, 0.6) is 5.88 Å². The van der Waals surface area contributed by atoms with Gasteiger partial charge in [-0.1, -0.05) is 0 Å². The third-order valence-corrected chi connectivity index (χ3v) is 3.50. The standard InChI is InChI=1S/C13H18N4O2/c1-18-11-5-4-10-12(16-11)17(13(14)15-10)7-9-3-2-6-19-8-9/h4-5,9H,2-3,6-8H2,1H3,(H2,14,15). The predicted octanol–water partition coefficient (Wildman–Crippen LogP) is 1.45. The lowest BCUT2D eigenvalue weighted by atomic mass is 10.0. The molecule has 0 saturated carbocycles. The first-order chi connectivity index (χ1) is 9.28. The highest BCUT2D eigenvalue weighted by molar-refractivity contribution is 5.74. The van der Waals surface area contributed by atoms with Crippen LogP contribution in [0.3, 0.4) is 0 Å². The molecule has 3 heterocycles. The van der Waals surface area contributed by atoms with E-state index in [2.05, 4.69) is 9.97 Å². The van der Waals surface area contributed by atoms with Crippen molar-refractivity contribution in [3.05, 3.63) is 12.1 Å².